The smallest absolute Gasteiger partial charge is 0.355 e. The Bertz CT molecular complexity index is 2080. The maximum absolute atomic E-state index is 14.4. The van der Waals surface area contributed by atoms with Gasteiger partial charge in [0.05, 0.1) is 22.8 Å². The van der Waals surface area contributed by atoms with Crippen molar-refractivity contribution in [2.45, 2.75) is 72.1 Å². The van der Waals surface area contributed by atoms with Crippen molar-refractivity contribution in [1.82, 2.24) is 24.6 Å². The number of aromatic nitrogens is 3. The van der Waals surface area contributed by atoms with E-state index in [2.05, 4.69) is 27.8 Å². The summed E-state index contributed by atoms with van der Waals surface area (Å²) >= 11 is 7.13. The van der Waals surface area contributed by atoms with Crippen LogP contribution in [0.4, 0.5) is 4.39 Å². The van der Waals surface area contributed by atoms with Crippen LogP contribution in [-0.2, 0) is 24.8 Å². The molecule has 8 nitrogen and oxygen atoms in total. The van der Waals surface area contributed by atoms with Crippen molar-refractivity contribution in [3.63, 3.8) is 0 Å². The van der Waals surface area contributed by atoms with Gasteiger partial charge in [0.15, 0.2) is 0 Å². The summed E-state index contributed by atoms with van der Waals surface area (Å²) in [5.41, 5.74) is 5.52. The number of rotatable bonds is 10. The van der Waals surface area contributed by atoms with Gasteiger partial charge in [-0.1, -0.05) is 29.8 Å². The summed E-state index contributed by atoms with van der Waals surface area (Å²) in [5.74, 6) is 0.758. The summed E-state index contributed by atoms with van der Waals surface area (Å²) < 4.78 is 30.4. The number of halogens is 3. The third-order valence-electron chi connectivity index (χ3n) is 10.4. The zero-order valence-electron chi connectivity index (χ0n) is 30.3. The van der Waals surface area contributed by atoms with Crippen LogP contribution in [0.5, 0.6) is 5.75 Å². The number of carbonyl (C=O) groups is 1. The van der Waals surface area contributed by atoms with Crippen molar-refractivity contribution in [2.75, 3.05) is 32.8 Å². The molecule has 0 aliphatic carbocycles. The van der Waals surface area contributed by atoms with Gasteiger partial charge < -0.3 is 19.4 Å². The minimum atomic E-state index is -0.679. The number of hydrogen-bond donors (Lipinski definition) is 1. The van der Waals surface area contributed by atoms with Crippen LogP contribution in [0.15, 0.2) is 48.5 Å². The van der Waals surface area contributed by atoms with Crippen molar-refractivity contribution in [2.24, 2.45) is 13.0 Å². The topological polar surface area (TPSA) is 73.6 Å². The fourth-order valence-corrected chi connectivity index (χ4v) is 8.38. The molecule has 3 aromatic carbocycles. The summed E-state index contributed by atoms with van der Waals surface area (Å²) in [7, 11) is 1.95. The van der Waals surface area contributed by atoms with Crippen LogP contribution < -0.4 is 10.1 Å². The highest BCUT2D eigenvalue weighted by Gasteiger charge is 2.38. The van der Waals surface area contributed by atoms with Gasteiger partial charge in [0, 0.05) is 60.3 Å². The molecule has 2 fully saturated rings. The lowest BCUT2D eigenvalue weighted by atomic mass is 9.98. The third-order valence-corrected chi connectivity index (χ3v) is 10.7. The van der Waals surface area contributed by atoms with Gasteiger partial charge in [0.1, 0.15) is 22.9 Å². The molecule has 2 aromatic heterocycles. The van der Waals surface area contributed by atoms with Gasteiger partial charge in [0.25, 0.3) is 0 Å². The SMILES string of the molecule is Cc1nn(C)c(C)c1-c1c(Cl)ccc2c(CCCOc3cccc4cc(F)ccc34)c(C(=O)OC(C)(C)C)n(CCN3CCC4CNCC43)c12.Cl. The second-order valence-corrected chi connectivity index (χ2v) is 15.3. The molecule has 0 bridgehead atoms. The number of benzene rings is 3. The average Bonchev–Trinajstić information content (AvgIpc) is 3.80. The Balaban J connectivity index is 0.00000448. The van der Waals surface area contributed by atoms with Gasteiger partial charge in [-0.25, -0.2) is 9.18 Å². The fourth-order valence-electron chi connectivity index (χ4n) is 8.13. The van der Waals surface area contributed by atoms with Crippen LogP contribution in [0.1, 0.15) is 61.1 Å². The number of ether oxygens (including phenoxy) is 2. The number of hydrogen-bond acceptors (Lipinski definition) is 6. The van der Waals surface area contributed by atoms with E-state index in [0.29, 0.717) is 54.4 Å². The quantitative estimate of drug-likeness (QED) is 0.115. The molecule has 2 aliphatic heterocycles. The van der Waals surface area contributed by atoms with Crippen LogP contribution in [0.25, 0.3) is 32.8 Å². The van der Waals surface area contributed by atoms with E-state index in [9.17, 15) is 9.18 Å². The standard InChI is InChI=1S/C40H47ClFN5O3.ClH/c1-24-35(25(2)45(6)44-24)36-32(41)15-14-31-30(10-8-20-49-34-11-7-9-26-21-28(42)12-13-29(26)34)38(39(48)50-40(3,4)5)47(37(31)36)19-18-46-17-16-27-22-43-23-33(27)46;/h7,9,11-15,21,27,33,43H,8,10,16-20,22-23H2,1-6H3;1H. The molecule has 0 amide bonds. The molecule has 272 valence electrons. The van der Waals surface area contributed by atoms with E-state index < -0.39 is 5.60 Å². The van der Waals surface area contributed by atoms with E-state index in [0.717, 1.165) is 75.9 Å². The summed E-state index contributed by atoms with van der Waals surface area (Å²) in [6.07, 6.45) is 2.42. The largest absolute Gasteiger partial charge is 0.493 e. The Morgan fingerprint density at radius 2 is 1.84 bits per heavy atom. The molecule has 0 radical (unpaired) electrons. The first-order chi connectivity index (χ1) is 23.9. The van der Waals surface area contributed by atoms with Crippen LogP contribution in [0.3, 0.4) is 0 Å². The maximum atomic E-state index is 14.4. The molecule has 51 heavy (non-hydrogen) atoms. The highest BCUT2D eigenvalue weighted by molar-refractivity contribution is 6.35. The maximum Gasteiger partial charge on any atom is 0.355 e. The molecule has 2 aliphatic rings. The number of esters is 1. The third kappa shape index (κ3) is 7.23. The van der Waals surface area contributed by atoms with E-state index in [4.69, 9.17) is 26.2 Å². The first-order valence-electron chi connectivity index (χ1n) is 17.7. The zero-order chi connectivity index (χ0) is 35.3. The average molecular weight is 737 g/mol. The minimum absolute atomic E-state index is 0. The molecule has 5 aromatic rings. The molecule has 1 N–H and O–H groups in total. The number of likely N-dealkylation sites (tertiary alicyclic amines) is 1. The van der Waals surface area contributed by atoms with Crippen molar-refractivity contribution in [3.05, 3.63) is 82.0 Å². The lowest BCUT2D eigenvalue weighted by Gasteiger charge is -2.25. The van der Waals surface area contributed by atoms with Crippen molar-refractivity contribution in [1.29, 1.82) is 0 Å². The number of aryl methyl sites for hydroxylation is 3. The van der Waals surface area contributed by atoms with Crippen LogP contribution in [0.2, 0.25) is 5.02 Å². The summed E-state index contributed by atoms with van der Waals surface area (Å²) in [4.78, 5) is 16.9. The van der Waals surface area contributed by atoms with E-state index in [1.807, 2.05) is 63.7 Å². The Hall–Kier alpha value is -3.63. The Labute approximate surface area is 310 Å². The summed E-state index contributed by atoms with van der Waals surface area (Å²) in [5, 5.41) is 11.6. The summed E-state index contributed by atoms with van der Waals surface area (Å²) in [6, 6.07) is 14.9. The lowest BCUT2D eigenvalue weighted by molar-refractivity contribution is 0.00562. The first kappa shape index (κ1) is 37.1. The molecule has 7 rings (SSSR count). The van der Waals surface area contributed by atoms with E-state index >= 15 is 0 Å². The van der Waals surface area contributed by atoms with Gasteiger partial charge in [-0.05, 0) is 114 Å². The Morgan fingerprint density at radius 1 is 1.06 bits per heavy atom. The van der Waals surface area contributed by atoms with Crippen molar-refractivity contribution in [3.8, 4) is 16.9 Å². The number of nitrogens with one attached hydrogen (secondary N) is 1. The van der Waals surface area contributed by atoms with Crippen LogP contribution >= 0.6 is 24.0 Å². The highest BCUT2D eigenvalue weighted by Crippen LogP contribution is 2.42. The predicted molar refractivity (Wildman–Crippen MR) is 205 cm³/mol. The van der Waals surface area contributed by atoms with Crippen molar-refractivity contribution >= 4 is 51.7 Å². The van der Waals surface area contributed by atoms with Crippen LogP contribution in [-0.4, -0.2) is 69.6 Å². The first-order valence-corrected chi connectivity index (χ1v) is 18.1. The molecule has 4 heterocycles. The summed E-state index contributed by atoms with van der Waals surface area (Å²) in [6.45, 7) is 14.7. The lowest BCUT2D eigenvalue weighted by Crippen LogP contribution is -2.37. The molecule has 0 spiro atoms. The fraction of sp³-hybridized carbons (Fsp3) is 0.450. The normalized spacial score (nSPS) is 17.6. The molecular formula is C40H48Cl2FN5O3. The molecule has 2 unspecified atom stereocenters. The van der Waals surface area contributed by atoms with Gasteiger partial charge >= 0.3 is 5.97 Å². The Kier molecular flexibility index (Phi) is 10.8. The molecule has 11 heteroatoms. The molecular weight excluding hydrogens is 688 g/mol. The van der Waals surface area contributed by atoms with Gasteiger partial charge in [-0.15, -0.1) is 12.4 Å². The molecule has 2 atom stereocenters. The van der Waals surface area contributed by atoms with Gasteiger partial charge in [0.2, 0.25) is 0 Å². The van der Waals surface area contributed by atoms with Crippen molar-refractivity contribution < 1.29 is 18.7 Å². The van der Waals surface area contributed by atoms with Gasteiger partial charge in [-0.3, -0.25) is 9.58 Å². The van der Waals surface area contributed by atoms with E-state index in [1.165, 1.54) is 18.6 Å². The second kappa shape index (κ2) is 14.8. The second-order valence-electron chi connectivity index (χ2n) is 14.9. The highest BCUT2D eigenvalue weighted by atomic mass is 35.5. The molecule has 2 saturated heterocycles. The van der Waals surface area contributed by atoms with Gasteiger partial charge in [-0.2, -0.15) is 5.10 Å². The number of carbonyl (C=O) groups excluding carboxylic acids is 1. The van der Waals surface area contributed by atoms with E-state index in [-0.39, 0.29) is 24.2 Å². The van der Waals surface area contributed by atoms with E-state index in [1.54, 1.807) is 6.07 Å². The number of nitrogens with zero attached hydrogens (tertiary/aromatic N) is 4. The molecule has 0 saturated carbocycles. The monoisotopic (exact) mass is 735 g/mol. The zero-order valence-corrected chi connectivity index (χ0v) is 31.9. The minimum Gasteiger partial charge on any atom is -0.493 e. The predicted octanol–water partition coefficient (Wildman–Crippen LogP) is 8.29. The Morgan fingerprint density at radius 3 is 2.59 bits per heavy atom. The number of fused-ring (bicyclic) bond motifs is 3. The van der Waals surface area contributed by atoms with Crippen LogP contribution in [0, 0.1) is 25.6 Å².